The predicted octanol–water partition coefficient (Wildman–Crippen LogP) is 2.56. The van der Waals surface area contributed by atoms with Crippen molar-refractivity contribution >= 4 is 29.2 Å². The molecular weight excluding hydrogens is 372 g/mol. The van der Waals surface area contributed by atoms with Crippen LogP contribution in [0.2, 0.25) is 0 Å². The number of carbonyl (C=O) groups is 3. The molecule has 0 bridgehead atoms. The zero-order valence-electron chi connectivity index (χ0n) is 15.5. The van der Waals surface area contributed by atoms with E-state index < -0.39 is 11.9 Å². The first-order valence-corrected chi connectivity index (χ1v) is 8.65. The molecule has 3 rings (SSSR count). The Morgan fingerprint density at radius 1 is 0.759 bits per heavy atom. The van der Waals surface area contributed by atoms with E-state index >= 15 is 0 Å². The van der Waals surface area contributed by atoms with Crippen LogP contribution in [0.3, 0.4) is 0 Å². The molecule has 0 saturated carbocycles. The van der Waals surface area contributed by atoms with E-state index in [9.17, 15) is 19.5 Å². The van der Waals surface area contributed by atoms with E-state index in [0.29, 0.717) is 22.7 Å². The number of methoxy groups -OCH3 is 1. The Hall–Kier alpha value is -4.13. The summed E-state index contributed by atoms with van der Waals surface area (Å²) in [5, 5.41) is 16.5. The van der Waals surface area contributed by atoms with Gasteiger partial charge < -0.3 is 25.3 Å². The molecule has 0 heterocycles. The number of benzene rings is 3. The second kappa shape index (κ2) is 8.71. The fourth-order valence-electron chi connectivity index (χ4n) is 2.70. The largest absolute Gasteiger partial charge is 0.545 e. The summed E-state index contributed by atoms with van der Waals surface area (Å²) in [6, 6.07) is 19.0. The van der Waals surface area contributed by atoms with Gasteiger partial charge in [-0.1, -0.05) is 30.3 Å². The number of aromatic carboxylic acids is 1. The van der Waals surface area contributed by atoms with Crippen molar-refractivity contribution in [3.05, 3.63) is 89.5 Å². The monoisotopic (exact) mass is 389 g/mol. The molecule has 0 unspecified atom stereocenters. The van der Waals surface area contributed by atoms with Crippen LogP contribution in [0.1, 0.15) is 31.1 Å². The molecule has 2 amide bonds. The molecule has 0 fully saturated rings. The number of carbonyl (C=O) groups excluding carboxylic acids is 3. The van der Waals surface area contributed by atoms with Crippen molar-refractivity contribution in [1.82, 2.24) is 0 Å². The maximum atomic E-state index is 12.5. The van der Waals surface area contributed by atoms with Gasteiger partial charge in [0.15, 0.2) is 0 Å². The second-order valence-electron chi connectivity index (χ2n) is 6.05. The SMILES string of the molecule is COc1cccc(NC(=O)c2cccc(NC(=O)c3ccccc3C(=O)[O-])c2)c1. The van der Waals surface area contributed by atoms with Crippen molar-refractivity contribution in [3.63, 3.8) is 0 Å². The summed E-state index contributed by atoms with van der Waals surface area (Å²) in [4.78, 5) is 36.2. The number of rotatable bonds is 6. The van der Waals surface area contributed by atoms with Gasteiger partial charge in [-0.25, -0.2) is 0 Å². The molecule has 29 heavy (non-hydrogen) atoms. The van der Waals surface area contributed by atoms with Gasteiger partial charge >= 0.3 is 0 Å². The molecule has 2 N–H and O–H groups in total. The summed E-state index contributed by atoms with van der Waals surface area (Å²) in [6.07, 6.45) is 0. The van der Waals surface area contributed by atoms with Crippen molar-refractivity contribution in [2.24, 2.45) is 0 Å². The number of hydrogen-bond donors (Lipinski definition) is 2. The lowest BCUT2D eigenvalue weighted by Crippen LogP contribution is -2.26. The Bertz CT molecular complexity index is 1080. The van der Waals surface area contributed by atoms with Crippen molar-refractivity contribution < 1.29 is 24.2 Å². The Morgan fingerprint density at radius 2 is 1.38 bits per heavy atom. The van der Waals surface area contributed by atoms with E-state index in [-0.39, 0.29) is 17.0 Å². The second-order valence-corrected chi connectivity index (χ2v) is 6.05. The van der Waals surface area contributed by atoms with Gasteiger partial charge in [0, 0.05) is 34.1 Å². The molecule has 7 nitrogen and oxygen atoms in total. The summed E-state index contributed by atoms with van der Waals surface area (Å²) in [5.74, 6) is -1.82. The Kier molecular flexibility index (Phi) is 5.89. The van der Waals surface area contributed by atoms with Crippen LogP contribution >= 0.6 is 0 Å². The number of nitrogens with one attached hydrogen (secondary N) is 2. The number of hydrogen-bond acceptors (Lipinski definition) is 5. The number of amides is 2. The molecule has 0 aliphatic heterocycles. The zero-order chi connectivity index (χ0) is 20.8. The van der Waals surface area contributed by atoms with Crippen LogP contribution in [0.15, 0.2) is 72.8 Å². The van der Waals surface area contributed by atoms with Gasteiger partial charge in [0.05, 0.1) is 13.1 Å². The lowest BCUT2D eigenvalue weighted by atomic mass is 10.1. The van der Waals surface area contributed by atoms with Crippen molar-refractivity contribution in [3.8, 4) is 5.75 Å². The quantitative estimate of drug-likeness (QED) is 0.674. The van der Waals surface area contributed by atoms with Crippen LogP contribution in [0.5, 0.6) is 5.75 Å². The summed E-state index contributed by atoms with van der Waals surface area (Å²) in [5.41, 5.74) is 0.989. The smallest absolute Gasteiger partial charge is 0.256 e. The van der Waals surface area contributed by atoms with E-state index in [1.54, 1.807) is 48.5 Å². The van der Waals surface area contributed by atoms with E-state index in [0.717, 1.165) is 0 Å². The van der Waals surface area contributed by atoms with Crippen LogP contribution in [0.25, 0.3) is 0 Å². The summed E-state index contributed by atoms with van der Waals surface area (Å²) in [7, 11) is 1.53. The number of carboxylic acid groups (broad SMARTS) is 1. The Labute approximate surface area is 166 Å². The van der Waals surface area contributed by atoms with Crippen LogP contribution in [0.4, 0.5) is 11.4 Å². The Morgan fingerprint density at radius 3 is 2.07 bits per heavy atom. The fraction of sp³-hybridized carbons (Fsp3) is 0.0455. The lowest BCUT2D eigenvalue weighted by Gasteiger charge is -2.12. The third-order valence-electron chi connectivity index (χ3n) is 4.10. The van der Waals surface area contributed by atoms with E-state index in [2.05, 4.69) is 10.6 Å². The molecule has 0 atom stereocenters. The van der Waals surface area contributed by atoms with E-state index in [1.165, 1.54) is 31.4 Å². The minimum Gasteiger partial charge on any atom is -0.545 e. The number of ether oxygens (including phenoxy) is 1. The maximum Gasteiger partial charge on any atom is 0.256 e. The summed E-state index contributed by atoms with van der Waals surface area (Å²) < 4.78 is 5.13. The highest BCUT2D eigenvalue weighted by molar-refractivity contribution is 6.11. The third-order valence-corrected chi connectivity index (χ3v) is 4.10. The minimum absolute atomic E-state index is 0.0289. The van der Waals surface area contributed by atoms with Gasteiger partial charge in [-0.05, 0) is 36.4 Å². The molecule has 0 saturated heterocycles. The first kappa shape index (κ1) is 19.6. The molecule has 0 aromatic heterocycles. The van der Waals surface area contributed by atoms with Gasteiger partial charge in [0.2, 0.25) is 0 Å². The molecule has 3 aromatic rings. The van der Waals surface area contributed by atoms with Crippen LogP contribution in [-0.4, -0.2) is 24.9 Å². The maximum absolute atomic E-state index is 12.5. The standard InChI is InChI=1S/C22H18N2O5/c1-29-17-9-5-8-16(13-17)23-20(25)14-6-4-7-15(12-14)24-21(26)18-10-2-3-11-19(18)22(27)28/h2-13H,1H3,(H,23,25)(H,24,26)(H,27,28)/p-1. The zero-order valence-corrected chi connectivity index (χ0v) is 15.5. The minimum atomic E-state index is -1.44. The van der Waals surface area contributed by atoms with Crippen LogP contribution in [0, 0.1) is 0 Å². The molecule has 146 valence electrons. The van der Waals surface area contributed by atoms with Crippen LogP contribution < -0.4 is 20.5 Å². The highest BCUT2D eigenvalue weighted by Crippen LogP contribution is 2.19. The molecule has 7 heteroatoms. The summed E-state index contributed by atoms with van der Waals surface area (Å²) >= 11 is 0. The van der Waals surface area contributed by atoms with Crippen molar-refractivity contribution in [1.29, 1.82) is 0 Å². The number of anilines is 2. The molecular formula is C22H17N2O5-. The Balaban J connectivity index is 1.76. The first-order valence-electron chi connectivity index (χ1n) is 8.65. The van der Waals surface area contributed by atoms with Gasteiger partial charge in [-0.15, -0.1) is 0 Å². The van der Waals surface area contributed by atoms with E-state index in [4.69, 9.17) is 4.74 Å². The topological polar surface area (TPSA) is 108 Å². The lowest BCUT2D eigenvalue weighted by molar-refractivity contribution is -0.255. The molecule has 0 spiro atoms. The van der Waals surface area contributed by atoms with Crippen LogP contribution in [-0.2, 0) is 0 Å². The van der Waals surface area contributed by atoms with Gasteiger partial charge in [0.25, 0.3) is 11.8 Å². The molecule has 0 radical (unpaired) electrons. The normalized spacial score (nSPS) is 10.1. The fourth-order valence-corrected chi connectivity index (χ4v) is 2.70. The molecule has 3 aromatic carbocycles. The average molecular weight is 389 g/mol. The number of carboxylic acids is 1. The molecule has 0 aliphatic rings. The van der Waals surface area contributed by atoms with Gasteiger partial charge in [0.1, 0.15) is 5.75 Å². The van der Waals surface area contributed by atoms with Gasteiger partial charge in [-0.2, -0.15) is 0 Å². The van der Waals surface area contributed by atoms with Crippen molar-refractivity contribution in [2.75, 3.05) is 17.7 Å². The van der Waals surface area contributed by atoms with E-state index in [1.807, 2.05) is 0 Å². The third kappa shape index (κ3) is 4.78. The first-order chi connectivity index (χ1) is 14.0. The summed E-state index contributed by atoms with van der Waals surface area (Å²) in [6.45, 7) is 0. The van der Waals surface area contributed by atoms with Crippen molar-refractivity contribution in [2.45, 2.75) is 0 Å². The highest BCUT2D eigenvalue weighted by Gasteiger charge is 2.13. The highest BCUT2D eigenvalue weighted by atomic mass is 16.5. The predicted molar refractivity (Wildman–Crippen MR) is 106 cm³/mol. The molecule has 0 aliphatic carbocycles. The van der Waals surface area contributed by atoms with Gasteiger partial charge in [-0.3, -0.25) is 9.59 Å². The average Bonchev–Trinajstić information content (AvgIpc) is 2.74.